The van der Waals surface area contributed by atoms with Crippen LogP contribution in [0.15, 0.2) is 70.0 Å². The van der Waals surface area contributed by atoms with Gasteiger partial charge in [-0.1, -0.05) is 18.2 Å². The molecule has 0 bridgehead atoms. The summed E-state index contributed by atoms with van der Waals surface area (Å²) in [5, 5.41) is 4.25. The Morgan fingerprint density at radius 2 is 1.85 bits per heavy atom. The van der Waals surface area contributed by atoms with Crippen molar-refractivity contribution in [2.45, 2.75) is 38.8 Å². The number of carbonyl (C=O) groups excluding carboxylic acids is 2. The summed E-state index contributed by atoms with van der Waals surface area (Å²) in [5.74, 6) is -0.486. The van der Waals surface area contributed by atoms with Gasteiger partial charge < -0.3 is 24.2 Å². The number of rotatable bonds is 5. The predicted molar refractivity (Wildman–Crippen MR) is 123 cm³/mol. The van der Waals surface area contributed by atoms with Crippen LogP contribution in [-0.2, 0) is 16.0 Å². The smallest absolute Gasteiger partial charge is 0.408 e. The van der Waals surface area contributed by atoms with Gasteiger partial charge in [0.15, 0.2) is 0 Å². The van der Waals surface area contributed by atoms with Gasteiger partial charge in [-0.05, 0) is 50.6 Å². The Bertz CT molecular complexity index is 1380. The van der Waals surface area contributed by atoms with Gasteiger partial charge in [-0.15, -0.1) is 0 Å². The van der Waals surface area contributed by atoms with E-state index in [1.165, 1.54) is 12.1 Å². The van der Waals surface area contributed by atoms with Crippen molar-refractivity contribution < 1.29 is 23.5 Å². The number of hydrogen-bond acceptors (Lipinski definition) is 6. The minimum absolute atomic E-state index is 0.185. The molecule has 0 spiro atoms. The number of H-pyrrole nitrogens is 1. The van der Waals surface area contributed by atoms with Gasteiger partial charge in [0.2, 0.25) is 0 Å². The number of alkyl carbamates (subject to hydrolysis) is 1. The van der Waals surface area contributed by atoms with Crippen molar-refractivity contribution in [3.05, 3.63) is 76.8 Å². The van der Waals surface area contributed by atoms with Gasteiger partial charge in [0.05, 0.1) is 0 Å². The molecule has 4 rings (SSSR count). The summed E-state index contributed by atoms with van der Waals surface area (Å²) in [6, 6.07) is 14.3. The summed E-state index contributed by atoms with van der Waals surface area (Å²) in [6.07, 6.45) is 1.26. The average molecular weight is 448 g/mol. The van der Waals surface area contributed by atoms with Gasteiger partial charge in [0.1, 0.15) is 23.0 Å². The quantitative estimate of drug-likeness (QED) is 0.267. The van der Waals surface area contributed by atoms with Crippen LogP contribution < -0.4 is 15.7 Å². The highest BCUT2D eigenvalue weighted by atomic mass is 16.6. The molecule has 2 aromatic heterocycles. The number of nitrogens with one attached hydrogen (secondary N) is 2. The summed E-state index contributed by atoms with van der Waals surface area (Å²) in [6.45, 7) is 5.22. The predicted octanol–water partition coefficient (Wildman–Crippen LogP) is 4.32. The second-order valence-corrected chi connectivity index (χ2v) is 8.64. The SMILES string of the molecule is CC(C)(C)OC(=O)N[C@@H](Cc1c[nH]c2ccccc12)C(=O)Oc1ccc2ccc(=O)oc2c1. The molecule has 170 valence electrons. The molecule has 33 heavy (non-hydrogen) atoms. The van der Waals surface area contributed by atoms with Crippen molar-refractivity contribution in [3.63, 3.8) is 0 Å². The first-order valence-electron chi connectivity index (χ1n) is 10.5. The third-order valence-electron chi connectivity index (χ3n) is 4.89. The Kier molecular flexibility index (Phi) is 5.91. The van der Waals surface area contributed by atoms with Crippen LogP contribution >= 0.6 is 0 Å². The monoisotopic (exact) mass is 448 g/mol. The van der Waals surface area contributed by atoms with Gasteiger partial charge in [-0.3, -0.25) is 0 Å². The highest BCUT2D eigenvalue weighted by molar-refractivity contribution is 5.87. The number of ether oxygens (including phenoxy) is 2. The zero-order valence-electron chi connectivity index (χ0n) is 18.5. The lowest BCUT2D eigenvalue weighted by Gasteiger charge is -2.23. The number of aromatic nitrogens is 1. The molecule has 0 fully saturated rings. The number of benzene rings is 2. The summed E-state index contributed by atoms with van der Waals surface area (Å²) in [4.78, 5) is 40.2. The molecule has 0 unspecified atom stereocenters. The van der Waals surface area contributed by atoms with E-state index in [1.54, 1.807) is 45.2 Å². The Morgan fingerprint density at radius 1 is 1.09 bits per heavy atom. The average Bonchev–Trinajstić information content (AvgIpc) is 3.14. The molecule has 2 N–H and O–H groups in total. The van der Waals surface area contributed by atoms with E-state index in [1.807, 2.05) is 24.3 Å². The van der Waals surface area contributed by atoms with Gasteiger partial charge >= 0.3 is 17.7 Å². The third-order valence-corrected chi connectivity index (χ3v) is 4.89. The number of esters is 1. The lowest BCUT2D eigenvalue weighted by Crippen LogP contribution is -2.46. The summed E-state index contributed by atoms with van der Waals surface area (Å²) in [7, 11) is 0. The molecule has 2 aromatic carbocycles. The first-order chi connectivity index (χ1) is 15.7. The Hall–Kier alpha value is -4.07. The van der Waals surface area contributed by atoms with E-state index in [-0.39, 0.29) is 12.2 Å². The Balaban J connectivity index is 1.59. The number of para-hydroxylation sites is 1. The van der Waals surface area contributed by atoms with Crippen LogP contribution in [0.3, 0.4) is 0 Å². The molecule has 8 nitrogen and oxygen atoms in total. The first-order valence-corrected chi connectivity index (χ1v) is 10.5. The van der Waals surface area contributed by atoms with Crippen LogP contribution in [0.25, 0.3) is 21.9 Å². The zero-order valence-corrected chi connectivity index (χ0v) is 18.5. The number of fused-ring (bicyclic) bond motifs is 2. The second kappa shape index (κ2) is 8.82. The van der Waals surface area contributed by atoms with Crippen molar-refractivity contribution in [1.29, 1.82) is 0 Å². The number of carbonyl (C=O) groups is 2. The molecular weight excluding hydrogens is 424 g/mol. The zero-order chi connectivity index (χ0) is 23.6. The van der Waals surface area contributed by atoms with E-state index >= 15 is 0 Å². The molecule has 0 aliphatic heterocycles. The van der Waals surface area contributed by atoms with Gasteiger partial charge in [-0.2, -0.15) is 0 Å². The molecule has 1 amide bonds. The minimum Gasteiger partial charge on any atom is -0.444 e. The van der Waals surface area contributed by atoms with Crippen molar-refractivity contribution in [2.75, 3.05) is 0 Å². The maximum Gasteiger partial charge on any atom is 0.408 e. The van der Waals surface area contributed by atoms with E-state index in [0.29, 0.717) is 11.0 Å². The fourth-order valence-electron chi connectivity index (χ4n) is 3.46. The first kappa shape index (κ1) is 22.1. The molecular formula is C25H24N2O6. The summed E-state index contributed by atoms with van der Waals surface area (Å²) < 4.78 is 16.0. The highest BCUT2D eigenvalue weighted by Gasteiger charge is 2.27. The van der Waals surface area contributed by atoms with Crippen molar-refractivity contribution >= 4 is 33.9 Å². The molecule has 0 aliphatic carbocycles. The molecule has 0 aliphatic rings. The molecule has 0 radical (unpaired) electrons. The number of amides is 1. The Labute approximate surface area is 189 Å². The fraction of sp³-hybridized carbons (Fsp3) is 0.240. The molecule has 0 saturated carbocycles. The molecule has 2 heterocycles. The summed E-state index contributed by atoms with van der Waals surface area (Å²) in [5.41, 5.74) is 0.820. The third kappa shape index (κ3) is 5.41. The minimum atomic E-state index is -1.02. The fourth-order valence-corrected chi connectivity index (χ4v) is 3.46. The Morgan fingerprint density at radius 3 is 2.64 bits per heavy atom. The van der Waals surface area contributed by atoms with Gasteiger partial charge in [0.25, 0.3) is 0 Å². The van der Waals surface area contributed by atoms with E-state index in [9.17, 15) is 14.4 Å². The van der Waals surface area contributed by atoms with E-state index in [2.05, 4.69) is 10.3 Å². The van der Waals surface area contributed by atoms with E-state index in [4.69, 9.17) is 13.9 Å². The van der Waals surface area contributed by atoms with Crippen LogP contribution in [0.4, 0.5) is 4.79 Å². The molecule has 1 atom stereocenters. The van der Waals surface area contributed by atoms with E-state index in [0.717, 1.165) is 16.5 Å². The van der Waals surface area contributed by atoms with Crippen molar-refractivity contribution in [3.8, 4) is 5.75 Å². The van der Waals surface area contributed by atoms with Crippen molar-refractivity contribution in [2.24, 2.45) is 0 Å². The van der Waals surface area contributed by atoms with Gasteiger partial charge in [0, 0.05) is 41.0 Å². The van der Waals surface area contributed by atoms with Crippen LogP contribution in [0.1, 0.15) is 26.3 Å². The van der Waals surface area contributed by atoms with Crippen LogP contribution in [0.2, 0.25) is 0 Å². The number of hydrogen-bond donors (Lipinski definition) is 2. The molecule has 4 aromatic rings. The highest BCUT2D eigenvalue weighted by Crippen LogP contribution is 2.22. The van der Waals surface area contributed by atoms with E-state index < -0.39 is 29.3 Å². The lowest BCUT2D eigenvalue weighted by molar-refractivity contribution is -0.136. The van der Waals surface area contributed by atoms with Crippen LogP contribution in [0.5, 0.6) is 5.75 Å². The van der Waals surface area contributed by atoms with Gasteiger partial charge in [-0.25, -0.2) is 14.4 Å². The van der Waals surface area contributed by atoms with Crippen molar-refractivity contribution in [1.82, 2.24) is 10.3 Å². The lowest BCUT2D eigenvalue weighted by atomic mass is 10.1. The second-order valence-electron chi connectivity index (χ2n) is 8.64. The van der Waals surface area contributed by atoms with Crippen LogP contribution in [-0.4, -0.2) is 28.7 Å². The standard InChI is InChI=1S/C25H24N2O6/c1-25(2,3)33-24(30)27-20(12-16-14-26-19-7-5-4-6-18(16)19)23(29)31-17-10-8-15-9-11-22(28)32-21(15)13-17/h4-11,13-14,20,26H,12H2,1-3H3,(H,27,30)/t20-/m0/s1. The maximum absolute atomic E-state index is 13.1. The van der Waals surface area contributed by atoms with Crippen LogP contribution in [0, 0.1) is 0 Å². The number of aromatic amines is 1. The topological polar surface area (TPSA) is 111 Å². The molecule has 0 saturated heterocycles. The molecule has 8 heteroatoms. The summed E-state index contributed by atoms with van der Waals surface area (Å²) >= 11 is 0. The maximum atomic E-state index is 13.1. The normalized spacial score (nSPS) is 12.5. The largest absolute Gasteiger partial charge is 0.444 e.